The number of allylic oxidation sites excluding steroid dienone is 4. The predicted octanol–water partition coefficient (Wildman–Crippen LogP) is 2.92. The van der Waals surface area contributed by atoms with Crippen LogP contribution in [0.3, 0.4) is 0 Å². The van der Waals surface area contributed by atoms with Crippen molar-refractivity contribution in [2.75, 3.05) is 0 Å². The first kappa shape index (κ1) is 12.7. The topological polar surface area (TPSA) is 77.8 Å². The number of benzene rings is 1. The molecule has 2 heterocycles. The Hall–Kier alpha value is -3.02. The van der Waals surface area contributed by atoms with Crippen LogP contribution < -0.4 is 0 Å². The molecule has 2 aromatic heterocycles. The number of rotatable bonds is 4. The van der Waals surface area contributed by atoms with Crippen molar-refractivity contribution >= 4 is 0 Å². The van der Waals surface area contributed by atoms with Crippen molar-refractivity contribution in [3.63, 3.8) is 0 Å². The van der Waals surface area contributed by atoms with E-state index in [9.17, 15) is 0 Å². The Balaban J connectivity index is 1.51. The van der Waals surface area contributed by atoms with Gasteiger partial charge in [-0.05, 0) is 12.1 Å². The fourth-order valence-electron chi connectivity index (χ4n) is 2.22. The highest BCUT2D eigenvalue weighted by molar-refractivity contribution is 5.51. The van der Waals surface area contributed by atoms with E-state index in [2.05, 4.69) is 20.4 Å². The van der Waals surface area contributed by atoms with Gasteiger partial charge in [-0.25, -0.2) is 0 Å². The molecule has 0 saturated heterocycles. The molecule has 22 heavy (non-hydrogen) atoms. The SMILES string of the molecule is C1=CC(c2nnc(Cc3nnc(-c4ccccc4)o3)o2)C=C1. The average Bonchev–Trinajstić information content (AvgIpc) is 3.30. The summed E-state index contributed by atoms with van der Waals surface area (Å²) >= 11 is 0. The Morgan fingerprint density at radius 1 is 0.818 bits per heavy atom. The maximum absolute atomic E-state index is 5.63. The number of nitrogens with zero attached hydrogens (tertiary/aromatic N) is 4. The second kappa shape index (κ2) is 5.40. The van der Waals surface area contributed by atoms with Crippen molar-refractivity contribution in [2.45, 2.75) is 12.3 Å². The lowest BCUT2D eigenvalue weighted by atomic mass is 10.2. The molecule has 4 rings (SSSR count). The van der Waals surface area contributed by atoms with Crippen LogP contribution >= 0.6 is 0 Å². The summed E-state index contributed by atoms with van der Waals surface area (Å²) in [5, 5.41) is 16.1. The largest absolute Gasteiger partial charge is 0.424 e. The maximum Gasteiger partial charge on any atom is 0.247 e. The van der Waals surface area contributed by atoms with E-state index in [1.807, 2.05) is 54.6 Å². The Morgan fingerprint density at radius 2 is 1.55 bits per heavy atom. The smallest absolute Gasteiger partial charge is 0.247 e. The zero-order valence-corrected chi connectivity index (χ0v) is 11.6. The summed E-state index contributed by atoms with van der Waals surface area (Å²) in [5.74, 6) is 2.03. The molecule has 0 fully saturated rings. The highest BCUT2D eigenvalue weighted by atomic mass is 16.4. The summed E-state index contributed by atoms with van der Waals surface area (Å²) in [7, 11) is 0. The first-order valence-electron chi connectivity index (χ1n) is 6.93. The van der Waals surface area contributed by atoms with E-state index >= 15 is 0 Å². The second-order valence-corrected chi connectivity index (χ2v) is 4.87. The molecule has 0 N–H and O–H groups in total. The molecule has 0 bridgehead atoms. The molecule has 3 aromatic rings. The Kier molecular flexibility index (Phi) is 3.12. The predicted molar refractivity (Wildman–Crippen MR) is 77.9 cm³/mol. The fourth-order valence-corrected chi connectivity index (χ4v) is 2.22. The normalized spacial score (nSPS) is 14.0. The highest BCUT2D eigenvalue weighted by Gasteiger charge is 2.17. The van der Waals surface area contributed by atoms with Gasteiger partial charge in [0.25, 0.3) is 0 Å². The van der Waals surface area contributed by atoms with Gasteiger partial charge in [0.05, 0.1) is 5.92 Å². The van der Waals surface area contributed by atoms with E-state index < -0.39 is 0 Å². The minimum atomic E-state index is 0.0591. The lowest BCUT2D eigenvalue weighted by Gasteiger charge is -1.95. The highest BCUT2D eigenvalue weighted by Crippen LogP contribution is 2.23. The zero-order valence-electron chi connectivity index (χ0n) is 11.6. The lowest BCUT2D eigenvalue weighted by Crippen LogP contribution is -1.88. The third-order valence-electron chi connectivity index (χ3n) is 3.31. The van der Waals surface area contributed by atoms with Crippen LogP contribution in [0.15, 0.2) is 63.5 Å². The first-order chi connectivity index (χ1) is 10.9. The molecule has 6 heteroatoms. The van der Waals surface area contributed by atoms with Crippen molar-refractivity contribution in [3.8, 4) is 11.5 Å². The molecule has 1 aliphatic rings. The molecule has 0 unspecified atom stereocenters. The second-order valence-electron chi connectivity index (χ2n) is 4.87. The zero-order chi connectivity index (χ0) is 14.8. The summed E-state index contributed by atoms with van der Waals surface area (Å²) in [6.07, 6.45) is 8.24. The molecule has 0 saturated carbocycles. The third kappa shape index (κ3) is 2.46. The lowest BCUT2D eigenvalue weighted by molar-refractivity contribution is 0.434. The molecule has 0 aliphatic heterocycles. The monoisotopic (exact) mass is 292 g/mol. The van der Waals surface area contributed by atoms with Crippen molar-refractivity contribution < 1.29 is 8.83 Å². The summed E-state index contributed by atoms with van der Waals surface area (Å²) < 4.78 is 11.3. The van der Waals surface area contributed by atoms with Gasteiger partial charge in [0, 0.05) is 5.56 Å². The van der Waals surface area contributed by atoms with E-state index in [0.29, 0.717) is 30.0 Å². The quantitative estimate of drug-likeness (QED) is 0.735. The summed E-state index contributed by atoms with van der Waals surface area (Å²) in [4.78, 5) is 0. The van der Waals surface area contributed by atoms with Crippen LogP contribution in [-0.4, -0.2) is 20.4 Å². The van der Waals surface area contributed by atoms with E-state index in [0.717, 1.165) is 5.56 Å². The van der Waals surface area contributed by atoms with Crippen molar-refractivity contribution in [2.24, 2.45) is 0 Å². The van der Waals surface area contributed by atoms with Crippen LogP contribution in [-0.2, 0) is 6.42 Å². The molecule has 1 aliphatic carbocycles. The molecule has 1 aromatic carbocycles. The molecule has 0 radical (unpaired) electrons. The molecule has 6 nitrogen and oxygen atoms in total. The van der Waals surface area contributed by atoms with Gasteiger partial charge in [0.15, 0.2) is 0 Å². The summed E-state index contributed by atoms with van der Waals surface area (Å²) in [5.41, 5.74) is 0.883. The number of aromatic nitrogens is 4. The Bertz CT molecular complexity index is 821. The van der Waals surface area contributed by atoms with Gasteiger partial charge in [0.1, 0.15) is 6.42 Å². The van der Waals surface area contributed by atoms with Crippen molar-refractivity contribution in [1.82, 2.24) is 20.4 Å². The van der Waals surface area contributed by atoms with E-state index in [4.69, 9.17) is 8.83 Å². The van der Waals surface area contributed by atoms with Crippen molar-refractivity contribution in [3.05, 3.63) is 72.3 Å². The van der Waals surface area contributed by atoms with Gasteiger partial charge in [-0.2, -0.15) is 0 Å². The molecule has 108 valence electrons. The van der Waals surface area contributed by atoms with E-state index in [-0.39, 0.29) is 5.92 Å². The third-order valence-corrected chi connectivity index (χ3v) is 3.31. The van der Waals surface area contributed by atoms with Crippen molar-refractivity contribution in [1.29, 1.82) is 0 Å². The number of hydrogen-bond acceptors (Lipinski definition) is 6. The van der Waals surface area contributed by atoms with E-state index in [1.54, 1.807) is 0 Å². The minimum Gasteiger partial charge on any atom is -0.424 e. The fraction of sp³-hybridized carbons (Fsp3) is 0.125. The van der Waals surface area contributed by atoms with Crippen LogP contribution in [0.2, 0.25) is 0 Å². The number of hydrogen-bond donors (Lipinski definition) is 0. The van der Waals surface area contributed by atoms with Gasteiger partial charge >= 0.3 is 0 Å². The Morgan fingerprint density at radius 3 is 2.36 bits per heavy atom. The van der Waals surface area contributed by atoms with Crippen LogP contribution in [0.4, 0.5) is 0 Å². The molecule has 0 atom stereocenters. The van der Waals surface area contributed by atoms with E-state index in [1.165, 1.54) is 0 Å². The van der Waals surface area contributed by atoms with Crippen LogP contribution in [0.5, 0.6) is 0 Å². The van der Waals surface area contributed by atoms with Gasteiger partial charge in [-0.1, -0.05) is 42.5 Å². The van der Waals surface area contributed by atoms with Gasteiger partial charge in [0.2, 0.25) is 23.6 Å². The van der Waals surface area contributed by atoms with Gasteiger partial charge in [-0.15, -0.1) is 20.4 Å². The molecule has 0 amide bonds. The summed E-state index contributed by atoms with van der Waals surface area (Å²) in [6.45, 7) is 0. The van der Waals surface area contributed by atoms with Gasteiger partial charge in [-0.3, -0.25) is 0 Å². The molecular formula is C16H12N4O2. The molecule has 0 spiro atoms. The maximum atomic E-state index is 5.63. The first-order valence-corrected chi connectivity index (χ1v) is 6.93. The summed E-state index contributed by atoms with van der Waals surface area (Å²) in [6, 6.07) is 9.62. The average molecular weight is 292 g/mol. The standard InChI is InChI=1S/C16H12N4O2/c1-2-6-11(7-3-1)15-19-17-13(21-15)10-14-18-20-16(22-14)12-8-4-5-9-12/h1-9,12H,10H2. The van der Waals surface area contributed by atoms with Crippen LogP contribution in [0.25, 0.3) is 11.5 Å². The van der Waals surface area contributed by atoms with Crippen LogP contribution in [0.1, 0.15) is 23.6 Å². The molecular weight excluding hydrogens is 280 g/mol. The van der Waals surface area contributed by atoms with Crippen LogP contribution in [0, 0.1) is 0 Å². The van der Waals surface area contributed by atoms with Gasteiger partial charge < -0.3 is 8.83 Å². The Labute approximate surface area is 126 Å². The minimum absolute atomic E-state index is 0.0591.